The van der Waals surface area contributed by atoms with Crippen molar-refractivity contribution in [2.75, 3.05) is 6.61 Å². The van der Waals surface area contributed by atoms with Crippen molar-refractivity contribution in [1.29, 1.82) is 0 Å². The van der Waals surface area contributed by atoms with Gasteiger partial charge < -0.3 is 14.6 Å². The highest BCUT2D eigenvalue weighted by atomic mass is 19.2. The van der Waals surface area contributed by atoms with E-state index < -0.39 is 41.1 Å². The second kappa shape index (κ2) is 12.5. The van der Waals surface area contributed by atoms with Gasteiger partial charge in [-0.25, -0.2) is 13.6 Å². The van der Waals surface area contributed by atoms with Gasteiger partial charge in [-0.05, 0) is 92.3 Å². The van der Waals surface area contributed by atoms with E-state index in [1.807, 2.05) is 0 Å². The molecule has 1 atom stereocenters. The normalized spacial score (nSPS) is 17.9. The molecule has 206 valence electrons. The average molecular weight is 543 g/mol. The minimum absolute atomic E-state index is 0.0179. The van der Waals surface area contributed by atoms with Gasteiger partial charge in [0.2, 0.25) is 11.6 Å². The Bertz CT molecular complexity index is 1330. The summed E-state index contributed by atoms with van der Waals surface area (Å²) >= 11 is 0. The highest BCUT2D eigenvalue weighted by Gasteiger charge is 2.29. The molecule has 0 amide bonds. The van der Waals surface area contributed by atoms with Crippen LogP contribution in [0.1, 0.15) is 60.9 Å². The quantitative estimate of drug-likeness (QED) is 0.0988. The van der Waals surface area contributed by atoms with Crippen LogP contribution in [0.25, 0.3) is 11.1 Å². The highest BCUT2D eigenvalue weighted by Crippen LogP contribution is 2.39. The fourth-order valence-corrected chi connectivity index (χ4v) is 4.92. The summed E-state index contributed by atoms with van der Waals surface area (Å²) in [5, 5.41) is 9.77. The third-order valence-electron chi connectivity index (χ3n) is 7.23. The van der Waals surface area contributed by atoms with Gasteiger partial charge in [-0.3, -0.25) is 0 Å². The molecular weight excluding hydrogens is 512 g/mol. The topological polar surface area (TPSA) is 55.8 Å². The molecular formula is C31H30F4O4. The van der Waals surface area contributed by atoms with Gasteiger partial charge in [0.25, 0.3) is 0 Å². The lowest BCUT2D eigenvalue weighted by Gasteiger charge is -2.30. The first-order valence-corrected chi connectivity index (χ1v) is 12.9. The van der Waals surface area contributed by atoms with Crippen molar-refractivity contribution in [2.45, 2.75) is 51.0 Å². The van der Waals surface area contributed by atoms with Crippen LogP contribution in [-0.2, 0) is 0 Å². The van der Waals surface area contributed by atoms with E-state index in [2.05, 4.69) is 6.58 Å². The fourth-order valence-electron chi connectivity index (χ4n) is 4.92. The molecule has 4 nitrogen and oxygen atoms in total. The van der Waals surface area contributed by atoms with Crippen LogP contribution in [0.3, 0.4) is 0 Å². The van der Waals surface area contributed by atoms with Gasteiger partial charge >= 0.3 is 5.97 Å². The van der Waals surface area contributed by atoms with Gasteiger partial charge in [0.1, 0.15) is 0 Å². The van der Waals surface area contributed by atoms with Crippen molar-refractivity contribution in [3.05, 3.63) is 95.6 Å². The third kappa shape index (κ3) is 6.33. The van der Waals surface area contributed by atoms with Crippen molar-refractivity contribution < 1.29 is 36.9 Å². The lowest BCUT2D eigenvalue weighted by molar-refractivity contribution is 0.0726. The van der Waals surface area contributed by atoms with E-state index >= 15 is 0 Å². The predicted molar refractivity (Wildman–Crippen MR) is 140 cm³/mol. The Labute approximate surface area is 224 Å². The molecule has 1 fully saturated rings. The molecule has 0 spiro atoms. The van der Waals surface area contributed by atoms with Gasteiger partial charge in [0.15, 0.2) is 23.1 Å². The smallest absolute Gasteiger partial charge is 0.343 e. The fraction of sp³-hybridized carbons (Fsp3) is 0.323. The van der Waals surface area contributed by atoms with Crippen molar-refractivity contribution >= 4 is 5.97 Å². The Kier molecular flexibility index (Phi) is 9.07. The Balaban J connectivity index is 1.44. The van der Waals surface area contributed by atoms with Gasteiger partial charge in [-0.2, -0.15) is 8.78 Å². The van der Waals surface area contributed by atoms with Gasteiger partial charge in [-0.1, -0.05) is 24.3 Å². The molecule has 0 aliphatic heterocycles. The molecule has 1 saturated carbocycles. The number of aliphatic hydroxyl groups excluding tert-OH is 1. The van der Waals surface area contributed by atoms with E-state index in [0.717, 1.165) is 12.8 Å². The second-order valence-corrected chi connectivity index (χ2v) is 9.77. The molecule has 1 aliphatic carbocycles. The Hall–Kier alpha value is -3.65. The number of aliphatic hydroxyl groups is 1. The summed E-state index contributed by atoms with van der Waals surface area (Å²) in [6.07, 6.45) is 4.35. The average Bonchev–Trinajstić information content (AvgIpc) is 2.94. The van der Waals surface area contributed by atoms with E-state index in [4.69, 9.17) is 9.47 Å². The van der Waals surface area contributed by atoms with Gasteiger partial charge in [0, 0.05) is 5.56 Å². The number of carbonyl (C=O) groups is 1. The molecule has 1 N–H and O–H groups in total. The van der Waals surface area contributed by atoms with Crippen molar-refractivity contribution in [3.63, 3.8) is 0 Å². The summed E-state index contributed by atoms with van der Waals surface area (Å²) in [5.41, 5.74) is 0.513. The van der Waals surface area contributed by atoms with Crippen LogP contribution in [0, 0.1) is 29.2 Å². The number of rotatable bonds is 9. The Morgan fingerprint density at radius 3 is 2.21 bits per heavy atom. The van der Waals surface area contributed by atoms with Crippen LogP contribution in [-0.4, -0.2) is 23.8 Å². The minimum atomic E-state index is -1.25. The predicted octanol–water partition coefficient (Wildman–Crippen LogP) is 7.74. The molecule has 3 aromatic rings. The first-order valence-electron chi connectivity index (χ1n) is 12.9. The van der Waals surface area contributed by atoms with E-state index in [1.54, 1.807) is 13.0 Å². The summed E-state index contributed by atoms with van der Waals surface area (Å²) in [6.45, 7) is 5.44. The molecule has 1 unspecified atom stereocenters. The lowest BCUT2D eigenvalue weighted by atomic mass is 9.77. The van der Waals surface area contributed by atoms with Gasteiger partial charge in [0.05, 0.1) is 18.3 Å². The summed E-state index contributed by atoms with van der Waals surface area (Å²) in [6, 6.07) is 10.8. The van der Waals surface area contributed by atoms with Crippen LogP contribution in [0.2, 0.25) is 0 Å². The number of esters is 1. The zero-order chi connectivity index (χ0) is 28.1. The number of halogens is 4. The standard InChI is InChI=1S/C31H30F4O4/c1-3-4-17-38-25-15-13-23(27(32)29(25)34)21-9-11-22(12-10-21)31(37)39-26-16-14-24(28(33)30(26)35)20-7-5-19(6-8-20)18(2)36/h3,9-16,18-20,36H,1,4-8,17H2,2H3. The van der Waals surface area contributed by atoms with Crippen molar-refractivity contribution in [2.24, 2.45) is 5.92 Å². The molecule has 0 heterocycles. The largest absolute Gasteiger partial charge is 0.490 e. The van der Waals surface area contributed by atoms with E-state index in [9.17, 15) is 27.5 Å². The van der Waals surface area contributed by atoms with Crippen LogP contribution < -0.4 is 9.47 Å². The van der Waals surface area contributed by atoms with Crippen LogP contribution in [0.4, 0.5) is 17.6 Å². The van der Waals surface area contributed by atoms with Crippen LogP contribution in [0.5, 0.6) is 11.5 Å². The molecule has 8 heteroatoms. The minimum Gasteiger partial charge on any atom is -0.490 e. The first kappa shape index (κ1) is 28.4. The SMILES string of the molecule is C=CCCOc1ccc(-c2ccc(C(=O)Oc3ccc(C4CCC(C(C)O)CC4)c(F)c3F)cc2)c(F)c1F. The van der Waals surface area contributed by atoms with Crippen molar-refractivity contribution in [1.82, 2.24) is 0 Å². The zero-order valence-corrected chi connectivity index (χ0v) is 21.6. The number of hydrogen-bond donors (Lipinski definition) is 1. The summed E-state index contributed by atoms with van der Waals surface area (Å²) in [7, 11) is 0. The molecule has 0 bridgehead atoms. The summed E-state index contributed by atoms with van der Waals surface area (Å²) < 4.78 is 69.1. The second-order valence-electron chi connectivity index (χ2n) is 9.77. The van der Waals surface area contributed by atoms with E-state index in [-0.39, 0.29) is 40.9 Å². The molecule has 1 aliphatic rings. The maximum Gasteiger partial charge on any atom is 0.343 e. The molecule has 3 aromatic carbocycles. The Morgan fingerprint density at radius 1 is 0.923 bits per heavy atom. The number of ether oxygens (including phenoxy) is 2. The van der Waals surface area contributed by atoms with E-state index in [0.29, 0.717) is 24.8 Å². The van der Waals surface area contributed by atoms with Crippen LogP contribution in [0.15, 0.2) is 61.2 Å². The monoisotopic (exact) mass is 542 g/mol. The maximum absolute atomic E-state index is 14.9. The summed E-state index contributed by atoms with van der Waals surface area (Å²) in [4.78, 5) is 12.6. The lowest BCUT2D eigenvalue weighted by Crippen LogP contribution is -2.23. The van der Waals surface area contributed by atoms with Crippen molar-refractivity contribution in [3.8, 4) is 22.6 Å². The third-order valence-corrected chi connectivity index (χ3v) is 7.23. The van der Waals surface area contributed by atoms with Crippen LogP contribution >= 0.6 is 0 Å². The maximum atomic E-state index is 14.9. The molecule has 0 aromatic heterocycles. The molecule has 0 radical (unpaired) electrons. The van der Waals surface area contributed by atoms with E-state index in [1.165, 1.54) is 48.5 Å². The first-order chi connectivity index (χ1) is 18.7. The zero-order valence-electron chi connectivity index (χ0n) is 21.6. The summed E-state index contributed by atoms with van der Waals surface area (Å²) in [5.74, 6) is -6.23. The van der Waals surface area contributed by atoms with Gasteiger partial charge in [-0.15, -0.1) is 6.58 Å². The highest BCUT2D eigenvalue weighted by molar-refractivity contribution is 5.91. The molecule has 0 saturated heterocycles. The Morgan fingerprint density at radius 2 is 1.56 bits per heavy atom. The number of carbonyl (C=O) groups excluding carboxylic acids is 1. The molecule has 39 heavy (non-hydrogen) atoms. The number of benzene rings is 3. The number of hydrogen-bond acceptors (Lipinski definition) is 4. The molecule has 4 rings (SSSR count).